The Hall–Kier alpha value is -3.85. The Labute approximate surface area is 231 Å². The number of nitrogens with zero attached hydrogens (tertiary/aromatic N) is 2. The molecule has 0 saturated heterocycles. The Morgan fingerprint density at radius 3 is 2.05 bits per heavy atom. The summed E-state index contributed by atoms with van der Waals surface area (Å²) in [5.41, 5.74) is 2.20. The van der Waals surface area contributed by atoms with Crippen LogP contribution in [0, 0.1) is 0 Å². The van der Waals surface area contributed by atoms with Crippen molar-refractivity contribution in [3.05, 3.63) is 90.0 Å². The molecule has 0 spiro atoms. The lowest BCUT2D eigenvalue weighted by Crippen LogP contribution is -2.51. The van der Waals surface area contributed by atoms with Crippen LogP contribution in [-0.4, -0.2) is 51.9 Å². The molecule has 1 atom stereocenters. The van der Waals surface area contributed by atoms with E-state index in [2.05, 4.69) is 19.2 Å². The van der Waals surface area contributed by atoms with Crippen molar-refractivity contribution in [2.24, 2.45) is 0 Å². The molecule has 0 bridgehead atoms. The van der Waals surface area contributed by atoms with E-state index in [1.807, 2.05) is 31.2 Å². The molecular weight excluding hydrogens is 514 g/mol. The predicted octanol–water partition coefficient (Wildman–Crippen LogP) is 4.57. The summed E-state index contributed by atoms with van der Waals surface area (Å²) >= 11 is 0. The standard InChI is InChI=1S/C30H37N3O5S/c1-6-28(30(35)31-4)32(20-23-12-18-26(38-5)19-13-23)29(34)21-33(25-16-14-24(15-17-25)22(2)3)39(36,37)27-10-8-7-9-11-27/h7-19,22,28H,6,20-21H2,1-5H3,(H,31,35)/t28-/m0/s1. The number of nitrogens with one attached hydrogen (secondary N) is 1. The zero-order valence-corrected chi connectivity index (χ0v) is 23.9. The Morgan fingerprint density at radius 1 is 0.923 bits per heavy atom. The molecule has 0 aromatic heterocycles. The Balaban J connectivity index is 2.04. The number of sulfonamides is 1. The van der Waals surface area contributed by atoms with Gasteiger partial charge >= 0.3 is 0 Å². The number of benzene rings is 3. The second-order valence-electron chi connectivity index (χ2n) is 9.48. The zero-order valence-electron chi connectivity index (χ0n) is 23.1. The Morgan fingerprint density at radius 2 is 1.54 bits per heavy atom. The van der Waals surface area contributed by atoms with Gasteiger partial charge in [0.05, 0.1) is 17.7 Å². The van der Waals surface area contributed by atoms with Gasteiger partial charge in [0, 0.05) is 13.6 Å². The normalized spacial score (nSPS) is 12.1. The number of hydrogen-bond acceptors (Lipinski definition) is 5. The van der Waals surface area contributed by atoms with Crippen molar-refractivity contribution in [2.45, 2.75) is 50.6 Å². The van der Waals surface area contributed by atoms with E-state index in [9.17, 15) is 18.0 Å². The summed E-state index contributed by atoms with van der Waals surface area (Å²) in [6.07, 6.45) is 0.357. The van der Waals surface area contributed by atoms with Crippen LogP contribution in [0.2, 0.25) is 0 Å². The summed E-state index contributed by atoms with van der Waals surface area (Å²) in [4.78, 5) is 28.3. The average molecular weight is 552 g/mol. The molecule has 0 aliphatic rings. The first-order chi connectivity index (χ1) is 18.6. The van der Waals surface area contributed by atoms with Gasteiger partial charge in [-0.15, -0.1) is 0 Å². The van der Waals surface area contributed by atoms with E-state index in [0.717, 1.165) is 15.4 Å². The minimum atomic E-state index is -4.09. The summed E-state index contributed by atoms with van der Waals surface area (Å²) in [6.45, 7) is 5.58. The van der Waals surface area contributed by atoms with Crippen LogP contribution in [-0.2, 0) is 26.2 Å². The first-order valence-corrected chi connectivity index (χ1v) is 14.4. The van der Waals surface area contributed by atoms with Crippen molar-refractivity contribution in [3.8, 4) is 5.75 Å². The van der Waals surface area contributed by atoms with Crippen molar-refractivity contribution in [1.29, 1.82) is 0 Å². The number of amides is 2. The van der Waals surface area contributed by atoms with Crippen molar-refractivity contribution in [2.75, 3.05) is 25.0 Å². The monoisotopic (exact) mass is 551 g/mol. The Kier molecular flexibility index (Phi) is 10.1. The molecule has 39 heavy (non-hydrogen) atoms. The zero-order chi connectivity index (χ0) is 28.6. The number of hydrogen-bond donors (Lipinski definition) is 1. The fraction of sp³-hybridized carbons (Fsp3) is 0.333. The highest BCUT2D eigenvalue weighted by atomic mass is 32.2. The van der Waals surface area contributed by atoms with E-state index in [4.69, 9.17) is 4.74 Å². The summed E-state index contributed by atoms with van der Waals surface area (Å²) in [5.74, 6) is 0.115. The average Bonchev–Trinajstić information content (AvgIpc) is 2.96. The van der Waals surface area contributed by atoms with E-state index in [1.54, 1.807) is 49.6 Å². The predicted molar refractivity (Wildman–Crippen MR) is 153 cm³/mol. The number of carbonyl (C=O) groups excluding carboxylic acids is 2. The van der Waals surface area contributed by atoms with Crippen LogP contribution in [0.3, 0.4) is 0 Å². The molecule has 0 aliphatic carbocycles. The maximum atomic E-state index is 13.9. The van der Waals surface area contributed by atoms with Gasteiger partial charge in [0.1, 0.15) is 18.3 Å². The summed E-state index contributed by atoms with van der Waals surface area (Å²) < 4.78 is 34.0. The van der Waals surface area contributed by atoms with E-state index >= 15 is 0 Å². The molecular formula is C30H37N3O5S. The van der Waals surface area contributed by atoms with E-state index in [1.165, 1.54) is 24.1 Å². The van der Waals surface area contributed by atoms with E-state index in [-0.39, 0.29) is 23.3 Å². The van der Waals surface area contributed by atoms with Crippen LogP contribution in [0.1, 0.15) is 44.2 Å². The van der Waals surface area contributed by atoms with Crippen LogP contribution < -0.4 is 14.4 Å². The summed E-state index contributed by atoms with van der Waals surface area (Å²) in [5, 5.41) is 2.63. The third kappa shape index (κ3) is 7.17. The van der Waals surface area contributed by atoms with Crippen LogP contribution in [0.15, 0.2) is 83.8 Å². The van der Waals surface area contributed by atoms with Crippen molar-refractivity contribution >= 4 is 27.5 Å². The molecule has 0 radical (unpaired) electrons. The molecule has 8 nitrogen and oxygen atoms in total. The lowest BCUT2D eigenvalue weighted by Gasteiger charge is -2.33. The fourth-order valence-electron chi connectivity index (χ4n) is 4.29. The lowest BCUT2D eigenvalue weighted by molar-refractivity contribution is -0.140. The molecule has 3 aromatic carbocycles. The largest absolute Gasteiger partial charge is 0.497 e. The molecule has 0 heterocycles. The maximum absolute atomic E-state index is 13.9. The molecule has 3 rings (SSSR count). The van der Waals surface area contributed by atoms with Crippen LogP contribution in [0.5, 0.6) is 5.75 Å². The fourth-order valence-corrected chi connectivity index (χ4v) is 5.72. The third-order valence-electron chi connectivity index (χ3n) is 6.60. The van der Waals surface area contributed by atoms with Crippen molar-refractivity contribution < 1.29 is 22.7 Å². The molecule has 3 aromatic rings. The molecule has 208 valence electrons. The summed E-state index contributed by atoms with van der Waals surface area (Å²) in [6, 6.07) is 21.6. The number of ether oxygens (including phenoxy) is 1. The first-order valence-electron chi connectivity index (χ1n) is 12.9. The second-order valence-corrected chi connectivity index (χ2v) is 11.3. The highest BCUT2D eigenvalue weighted by Crippen LogP contribution is 2.27. The quantitative estimate of drug-likeness (QED) is 0.356. The second kappa shape index (κ2) is 13.3. The van der Waals surface area contributed by atoms with Crippen LogP contribution in [0.25, 0.3) is 0 Å². The van der Waals surface area contributed by atoms with Gasteiger partial charge in [0.15, 0.2) is 0 Å². The number of likely N-dealkylation sites (N-methyl/N-ethyl adjacent to an activating group) is 1. The van der Waals surface area contributed by atoms with Gasteiger partial charge in [-0.25, -0.2) is 8.42 Å². The highest BCUT2D eigenvalue weighted by molar-refractivity contribution is 7.92. The molecule has 9 heteroatoms. The summed E-state index contributed by atoms with van der Waals surface area (Å²) in [7, 11) is -1.00. The van der Waals surface area contributed by atoms with Gasteiger partial charge < -0.3 is 15.0 Å². The van der Waals surface area contributed by atoms with Gasteiger partial charge in [-0.3, -0.25) is 13.9 Å². The van der Waals surface area contributed by atoms with Crippen molar-refractivity contribution in [3.63, 3.8) is 0 Å². The topological polar surface area (TPSA) is 96.0 Å². The number of anilines is 1. The van der Waals surface area contributed by atoms with Gasteiger partial charge in [0.25, 0.3) is 10.0 Å². The highest BCUT2D eigenvalue weighted by Gasteiger charge is 2.33. The van der Waals surface area contributed by atoms with Crippen LogP contribution >= 0.6 is 0 Å². The Bertz CT molecular complexity index is 1340. The van der Waals surface area contributed by atoms with Gasteiger partial charge in [-0.05, 0) is 59.9 Å². The maximum Gasteiger partial charge on any atom is 0.264 e. The van der Waals surface area contributed by atoms with Crippen molar-refractivity contribution in [1.82, 2.24) is 10.2 Å². The van der Waals surface area contributed by atoms with E-state index in [0.29, 0.717) is 17.9 Å². The third-order valence-corrected chi connectivity index (χ3v) is 8.39. The number of methoxy groups -OCH3 is 1. The molecule has 1 N–H and O–H groups in total. The molecule has 0 fully saturated rings. The van der Waals surface area contributed by atoms with E-state index < -0.39 is 28.5 Å². The minimum absolute atomic E-state index is 0.0748. The number of carbonyl (C=O) groups is 2. The molecule has 0 saturated carbocycles. The van der Waals surface area contributed by atoms with Crippen LogP contribution in [0.4, 0.5) is 5.69 Å². The van der Waals surface area contributed by atoms with Gasteiger partial charge in [-0.1, -0.05) is 63.2 Å². The van der Waals surface area contributed by atoms with Gasteiger partial charge in [0.2, 0.25) is 11.8 Å². The SMILES string of the molecule is CC[C@@H](C(=O)NC)N(Cc1ccc(OC)cc1)C(=O)CN(c1ccc(C(C)C)cc1)S(=O)(=O)c1ccccc1. The lowest BCUT2D eigenvalue weighted by atomic mass is 10.0. The van der Waals surface area contributed by atoms with Gasteiger partial charge in [-0.2, -0.15) is 0 Å². The molecule has 2 amide bonds. The minimum Gasteiger partial charge on any atom is -0.497 e. The number of rotatable bonds is 12. The first kappa shape index (κ1) is 29.7. The molecule has 0 aliphatic heterocycles. The smallest absolute Gasteiger partial charge is 0.264 e. The molecule has 0 unspecified atom stereocenters.